The van der Waals surface area contributed by atoms with Gasteiger partial charge in [0.05, 0.1) is 5.02 Å². The number of hydrogen-bond acceptors (Lipinski definition) is 1. The maximum Gasteiger partial charge on any atom is 0.142 e. The summed E-state index contributed by atoms with van der Waals surface area (Å²) in [5, 5.41) is 3.81. The molecule has 1 unspecified atom stereocenters. The molecule has 21 heavy (non-hydrogen) atoms. The van der Waals surface area contributed by atoms with Crippen molar-refractivity contribution in [2.75, 3.05) is 13.1 Å². The van der Waals surface area contributed by atoms with Crippen molar-refractivity contribution < 1.29 is 4.39 Å². The molecule has 0 radical (unpaired) electrons. The van der Waals surface area contributed by atoms with Crippen molar-refractivity contribution in [2.24, 2.45) is 17.8 Å². The predicted octanol–water partition coefficient (Wildman–Crippen LogP) is 5.07. The Bertz CT molecular complexity index is 441. The summed E-state index contributed by atoms with van der Waals surface area (Å²) < 4.78 is 13.6. The molecule has 0 aromatic heterocycles. The summed E-state index contributed by atoms with van der Waals surface area (Å²) >= 11 is 5.78. The van der Waals surface area contributed by atoms with Gasteiger partial charge in [-0.15, -0.1) is 0 Å². The van der Waals surface area contributed by atoms with Crippen LogP contribution in [0.4, 0.5) is 4.39 Å². The van der Waals surface area contributed by atoms with Crippen molar-refractivity contribution in [3.63, 3.8) is 0 Å². The summed E-state index contributed by atoms with van der Waals surface area (Å²) in [5.74, 6) is 1.76. The predicted molar refractivity (Wildman–Crippen MR) is 88.3 cm³/mol. The van der Waals surface area contributed by atoms with Crippen molar-refractivity contribution >= 4 is 11.6 Å². The van der Waals surface area contributed by atoms with E-state index < -0.39 is 0 Å². The minimum atomic E-state index is -0.297. The highest BCUT2D eigenvalue weighted by Gasteiger charge is 2.25. The van der Waals surface area contributed by atoms with Gasteiger partial charge in [-0.1, -0.05) is 57.2 Å². The number of halogens is 2. The van der Waals surface area contributed by atoms with Gasteiger partial charge in [0.25, 0.3) is 0 Å². The first-order valence-electron chi connectivity index (χ1n) is 8.21. The minimum absolute atomic E-state index is 0.217. The summed E-state index contributed by atoms with van der Waals surface area (Å²) in [6.45, 7) is 6.55. The minimum Gasteiger partial charge on any atom is -0.316 e. The molecular weight excluding hydrogens is 285 g/mol. The monoisotopic (exact) mass is 311 g/mol. The Hall–Kier alpha value is -0.600. The number of nitrogens with one attached hydrogen (secondary N) is 1. The Morgan fingerprint density at radius 3 is 2.57 bits per heavy atom. The van der Waals surface area contributed by atoms with Crippen LogP contribution in [0, 0.1) is 23.6 Å². The lowest BCUT2D eigenvalue weighted by molar-refractivity contribution is 0.315. The molecule has 3 heteroatoms. The van der Waals surface area contributed by atoms with E-state index in [9.17, 15) is 4.39 Å². The zero-order chi connectivity index (χ0) is 15.2. The van der Waals surface area contributed by atoms with Crippen LogP contribution in [0.25, 0.3) is 0 Å². The van der Waals surface area contributed by atoms with Crippen molar-refractivity contribution in [3.8, 4) is 0 Å². The maximum absolute atomic E-state index is 13.6. The van der Waals surface area contributed by atoms with Gasteiger partial charge < -0.3 is 5.32 Å². The average Bonchev–Trinajstić information content (AvgIpc) is 2.95. The molecule has 1 aromatic rings. The van der Waals surface area contributed by atoms with Crippen LogP contribution in [-0.2, 0) is 6.42 Å². The van der Waals surface area contributed by atoms with E-state index in [1.807, 2.05) is 6.07 Å². The molecule has 0 saturated heterocycles. The molecule has 1 atom stereocenters. The Morgan fingerprint density at radius 2 is 1.95 bits per heavy atom. The Morgan fingerprint density at radius 1 is 1.24 bits per heavy atom. The molecule has 118 valence electrons. The van der Waals surface area contributed by atoms with Crippen LogP contribution in [0.2, 0.25) is 5.02 Å². The van der Waals surface area contributed by atoms with E-state index in [0.717, 1.165) is 31.0 Å². The van der Waals surface area contributed by atoms with Crippen LogP contribution >= 0.6 is 11.6 Å². The van der Waals surface area contributed by atoms with E-state index in [1.54, 1.807) is 12.1 Å². The average molecular weight is 312 g/mol. The van der Waals surface area contributed by atoms with Crippen LogP contribution < -0.4 is 5.32 Å². The molecule has 1 aliphatic rings. The normalized spacial score (nSPS) is 17.6. The fraction of sp³-hybridized carbons (Fsp3) is 0.667. The highest BCUT2D eigenvalue weighted by molar-refractivity contribution is 6.30. The quantitative estimate of drug-likeness (QED) is 0.741. The third-order valence-corrected chi connectivity index (χ3v) is 4.81. The lowest BCUT2D eigenvalue weighted by Crippen LogP contribution is -2.31. The zero-order valence-corrected chi connectivity index (χ0v) is 13.9. The molecule has 1 nitrogen and oxygen atoms in total. The molecule has 0 bridgehead atoms. The summed E-state index contributed by atoms with van der Waals surface area (Å²) in [4.78, 5) is 0. The van der Waals surface area contributed by atoms with Crippen LogP contribution in [0.3, 0.4) is 0 Å². The topological polar surface area (TPSA) is 12.0 Å². The van der Waals surface area contributed by atoms with Crippen LogP contribution in [0.15, 0.2) is 18.2 Å². The number of hydrogen-bond donors (Lipinski definition) is 1. The molecule has 2 rings (SSSR count). The number of benzene rings is 1. The molecule has 1 aliphatic carbocycles. The van der Waals surface area contributed by atoms with E-state index >= 15 is 0 Å². The third kappa shape index (κ3) is 5.27. The van der Waals surface area contributed by atoms with E-state index in [4.69, 9.17) is 11.6 Å². The van der Waals surface area contributed by atoms with Gasteiger partial charge >= 0.3 is 0 Å². The van der Waals surface area contributed by atoms with Crippen LogP contribution in [0.1, 0.15) is 45.1 Å². The first-order valence-corrected chi connectivity index (χ1v) is 8.58. The van der Waals surface area contributed by atoms with Gasteiger partial charge in [-0.05, 0) is 55.0 Å². The van der Waals surface area contributed by atoms with Crippen LogP contribution in [-0.4, -0.2) is 13.1 Å². The smallest absolute Gasteiger partial charge is 0.142 e. The summed E-state index contributed by atoms with van der Waals surface area (Å²) in [7, 11) is 0. The van der Waals surface area contributed by atoms with E-state index in [0.29, 0.717) is 11.8 Å². The first kappa shape index (κ1) is 16.8. The van der Waals surface area contributed by atoms with E-state index in [1.165, 1.54) is 25.7 Å². The highest BCUT2D eigenvalue weighted by Crippen LogP contribution is 2.33. The van der Waals surface area contributed by atoms with Gasteiger partial charge in [-0.2, -0.15) is 0 Å². The number of rotatable bonds is 7. The van der Waals surface area contributed by atoms with Gasteiger partial charge in [0.1, 0.15) is 5.82 Å². The lowest BCUT2D eigenvalue weighted by Gasteiger charge is -2.24. The first-order chi connectivity index (χ1) is 10.1. The molecule has 1 fully saturated rings. The van der Waals surface area contributed by atoms with Crippen molar-refractivity contribution in [2.45, 2.75) is 46.0 Å². The van der Waals surface area contributed by atoms with Gasteiger partial charge in [0.15, 0.2) is 0 Å². The maximum atomic E-state index is 13.6. The fourth-order valence-corrected chi connectivity index (χ4v) is 3.48. The molecule has 1 saturated carbocycles. The Labute approximate surface area is 133 Å². The van der Waals surface area contributed by atoms with E-state index in [2.05, 4.69) is 19.2 Å². The van der Waals surface area contributed by atoms with Crippen LogP contribution in [0.5, 0.6) is 0 Å². The largest absolute Gasteiger partial charge is 0.316 e. The van der Waals surface area contributed by atoms with E-state index in [-0.39, 0.29) is 10.8 Å². The third-order valence-electron chi connectivity index (χ3n) is 4.51. The Kier molecular flexibility index (Phi) is 6.50. The zero-order valence-electron chi connectivity index (χ0n) is 13.2. The molecule has 0 aliphatic heterocycles. The standard InChI is InChI=1S/C18H27ClFN/c1-13(2)11-21-12-16(15-5-3-4-6-15)9-14-7-8-17(19)18(20)10-14/h7-8,10,13,15-16,21H,3-6,9,11-12H2,1-2H3. The molecule has 1 aromatic carbocycles. The van der Waals surface area contributed by atoms with Gasteiger partial charge in [-0.3, -0.25) is 0 Å². The second kappa shape index (κ2) is 8.14. The fourth-order valence-electron chi connectivity index (χ4n) is 3.36. The molecule has 0 spiro atoms. The van der Waals surface area contributed by atoms with Crippen molar-refractivity contribution in [1.29, 1.82) is 0 Å². The lowest BCUT2D eigenvalue weighted by atomic mass is 9.85. The second-order valence-electron chi connectivity index (χ2n) is 6.81. The van der Waals surface area contributed by atoms with Gasteiger partial charge in [0.2, 0.25) is 0 Å². The molecule has 1 N–H and O–H groups in total. The molecule has 0 heterocycles. The second-order valence-corrected chi connectivity index (χ2v) is 7.22. The SMILES string of the molecule is CC(C)CNCC(Cc1ccc(Cl)c(F)c1)C1CCCC1. The van der Waals surface area contributed by atoms with Crippen molar-refractivity contribution in [1.82, 2.24) is 5.32 Å². The Balaban J connectivity index is 1.98. The molecular formula is C18H27ClFN. The summed E-state index contributed by atoms with van der Waals surface area (Å²) in [6.07, 6.45) is 6.29. The molecule has 0 amide bonds. The summed E-state index contributed by atoms with van der Waals surface area (Å²) in [5.41, 5.74) is 1.07. The van der Waals surface area contributed by atoms with Crippen molar-refractivity contribution in [3.05, 3.63) is 34.6 Å². The summed E-state index contributed by atoms with van der Waals surface area (Å²) in [6, 6.07) is 5.25. The van der Waals surface area contributed by atoms with Gasteiger partial charge in [0, 0.05) is 0 Å². The van der Waals surface area contributed by atoms with Gasteiger partial charge in [-0.25, -0.2) is 4.39 Å². The highest BCUT2D eigenvalue weighted by atomic mass is 35.5.